The Morgan fingerprint density at radius 1 is 1.27 bits per heavy atom. The van der Waals surface area contributed by atoms with Crippen LogP contribution >= 0.6 is 0 Å². The van der Waals surface area contributed by atoms with Crippen LogP contribution in [-0.2, 0) is 6.54 Å². The highest BCUT2D eigenvalue weighted by Crippen LogP contribution is 2.19. The van der Waals surface area contributed by atoms with E-state index in [1.54, 1.807) is 0 Å². The van der Waals surface area contributed by atoms with Gasteiger partial charge in [-0.3, -0.25) is 4.99 Å². The van der Waals surface area contributed by atoms with Crippen molar-refractivity contribution in [1.29, 1.82) is 0 Å². The minimum atomic E-state index is 0.622. The monoisotopic (exact) mass is 301 g/mol. The number of aliphatic imine (C=N–C) groups is 1. The molecule has 3 rings (SSSR count). The molecule has 0 atom stereocenters. The minimum absolute atomic E-state index is 0.622. The largest absolute Gasteiger partial charge is 0.357 e. The van der Waals surface area contributed by atoms with E-state index in [0.717, 1.165) is 31.4 Å². The topological polar surface area (TPSA) is 52.6 Å². The van der Waals surface area contributed by atoms with Gasteiger partial charge in [0.15, 0.2) is 5.96 Å². The molecule has 0 aromatic carbocycles. The Balaban J connectivity index is 1.57. The summed E-state index contributed by atoms with van der Waals surface area (Å²) < 4.78 is 0. The lowest BCUT2D eigenvalue weighted by Crippen LogP contribution is -2.38. The third-order valence-electron chi connectivity index (χ3n) is 4.34. The van der Waals surface area contributed by atoms with Crippen LogP contribution in [0.4, 0.5) is 5.82 Å². The number of nitrogens with one attached hydrogen (secondary N) is 2. The van der Waals surface area contributed by atoms with Gasteiger partial charge in [0.05, 0.1) is 0 Å². The number of rotatable bonds is 4. The number of pyridine rings is 1. The zero-order chi connectivity index (χ0) is 15.2. The fraction of sp³-hybridized carbons (Fsp3) is 0.647. The van der Waals surface area contributed by atoms with Crippen molar-refractivity contribution < 1.29 is 0 Å². The first-order valence-electron chi connectivity index (χ1n) is 8.52. The van der Waals surface area contributed by atoms with Crippen LogP contribution in [0.25, 0.3) is 0 Å². The molecular weight excluding hydrogens is 274 g/mol. The van der Waals surface area contributed by atoms with E-state index >= 15 is 0 Å². The lowest BCUT2D eigenvalue weighted by atomic mass is 10.2. The van der Waals surface area contributed by atoms with Gasteiger partial charge in [0.1, 0.15) is 5.82 Å². The maximum absolute atomic E-state index is 4.56. The van der Waals surface area contributed by atoms with Gasteiger partial charge < -0.3 is 15.5 Å². The molecular formula is C17H27N5. The molecule has 0 unspecified atom stereocenters. The van der Waals surface area contributed by atoms with E-state index in [0.29, 0.717) is 6.04 Å². The Labute approximate surface area is 133 Å². The molecule has 0 radical (unpaired) electrons. The number of anilines is 1. The number of guanidine groups is 1. The summed E-state index contributed by atoms with van der Waals surface area (Å²) in [6.45, 7) is 3.05. The number of hydrogen-bond donors (Lipinski definition) is 2. The van der Waals surface area contributed by atoms with Crippen LogP contribution in [0.2, 0.25) is 0 Å². The second-order valence-electron chi connectivity index (χ2n) is 6.27. The van der Waals surface area contributed by atoms with Gasteiger partial charge in [0, 0.05) is 38.9 Å². The highest BCUT2D eigenvalue weighted by Gasteiger charge is 2.22. The van der Waals surface area contributed by atoms with Crippen LogP contribution in [-0.4, -0.2) is 37.1 Å². The maximum Gasteiger partial charge on any atom is 0.191 e. The summed E-state index contributed by atoms with van der Waals surface area (Å²) in [4.78, 5) is 11.3. The van der Waals surface area contributed by atoms with Crippen molar-refractivity contribution >= 4 is 11.8 Å². The van der Waals surface area contributed by atoms with E-state index in [2.05, 4.69) is 37.6 Å². The van der Waals surface area contributed by atoms with Gasteiger partial charge in [-0.25, -0.2) is 4.98 Å². The molecule has 5 nitrogen and oxygen atoms in total. The molecule has 1 saturated heterocycles. The molecule has 22 heavy (non-hydrogen) atoms. The molecule has 0 spiro atoms. The van der Waals surface area contributed by atoms with E-state index < -0.39 is 0 Å². The van der Waals surface area contributed by atoms with Crippen molar-refractivity contribution in [2.75, 3.05) is 25.0 Å². The second-order valence-corrected chi connectivity index (χ2v) is 6.27. The van der Waals surface area contributed by atoms with Gasteiger partial charge in [-0.2, -0.15) is 0 Å². The second kappa shape index (κ2) is 7.47. The molecule has 5 heteroatoms. The lowest BCUT2D eigenvalue weighted by molar-refractivity contribution is 0.726. The van der Waals surface area contributed by atoms with E-state index in [1.165, 1.54) is 44.1 Å². The van der Waals surface area contributed by atoms with Crippen LogP contribution < -0.4 is 15.5 Å². The van der Waals surface area contributed by atoms with Crippen molar-refractivity contribution in [3.8, 4) is 0 Å². The number of aromatic nitrogens is 1. The number of nitrogens with zero attached hydrogens (tertiary/aromatic N) is 3. The highest BCUT2D eigenvalue weighted by atomic mass is 15.2. The molecule has 2 fully saturated rings. The van der Waals surface area contributed by atoms with Gasteiger partial charge >= 0.3 is 0 Å². The third-order valence-corrected chi connectivity index (χ3v) is 4.34. The molecule has 2 aliphatic rings. The minimum Gasteiger partial charge on any atom is -0.357 e. The first kappa shape index (κ1) is 15.1. The summed E-state index contributed by atoms with van der Waals surface area (Å²) in [5, 5.41) is 6.80. The summed E-state index contributed by atoms with van der Waals surface area (Å²) in [7, 11) is 1.83. The quantitative estimate of drug-likeness (QED) is 0.662. The molecule has 2 N–H and O–H groups in total. The standard InChI is InChI=1S/C17H27N5/c1-18-17(21-15-6-7-15)20-13-14-8-9-19-16(12-14)22-10-4-2-3-5-11-22/h8-9,12,15H,2-7,10-11,13H2,1H3,(H2,18,20,21). The van der Waals surface area contributed by atoms with Gasteiger partial charge in [0.2, 0.25) is 0 Å². The van der Waals surface area contributed by atoms with Crippen LogP contribution in [0.5, 0.6) is 0 Å². The molecule has 1 aromatic heterocycles. The van der Waals surface area contributed by atoms with E-state index in [4.69, 9.17) is 0 Å². The van der Waals surface area contributed by atoms with Gasteiger partial charge in [-0.15, -0.1) is 0 Å². The summed E-state index contributed by atoms with van der Waals surface area (Å²) in [6.07, 6.45) is 9.70. The molecule has 1 saturated carbocycles. The van der Waals surface area contributed by atoms with E-state index in [9.17, 15) is 0 Å². The predicted molar refractivity (Wildman–Crippen MR) is 91.3 cm³/mol. The zero-order valence-corrected chi connectivity index (χ0v) is 13.5. The molecule has 120 valence electrons. The predicted octanol–water partition coefficient (Wildman–Crippen LogP) is 2.29. The fourth-order valence-electron chi connectivity index (χ4n) is 2.84. The average Bonchev–Trinajstić information content (AvgIpc) is 3.38. The molecule has 0 bridgehead atoms. The van der Waals surface area contributed by atoms with Gasteiger partial charge in [-0.1, -0.05) is 12.8 Å². The fourth-order valence-corrected chi connectivity index (χ4v) is 2.84. The molecule has 1 aliphatic carbocycles. The lowest BCUT2D eigenvalue weighted by Gasteiger charge is -2.22. The van der Waals surface area contributed by atoms with Crippen LogP contribution in [0, 0.1) is 0 Å². The molecule has 0 amide bonds. The zero-order valence-electron chi connectivity index (χ0n) is 13.5. The smallest absolute Gasteiger partial charge is 0.191 e. The van der Waals surface area contributed by atoms with Crippen LogP contribution in [0.3, 0.4) is 0 Å². The van der Waals surface area contributed by atoms with Gasteiger partial charge in [-0.05, 0) is 43.4 Å². The highest BCUT2D eigenvalue weighted by molar-refractivity contribution is 5.80. The summed E-state index contributed by atoms with van der Waals surface area (Å²) >= 11 is 0. The SMILES string of the molecule is CN=C(NCc1ccnc(N2CCCCCC2)c1)NC1CC1. The Bertz CT molecular complexity index is 502. The van der Waals surface area contributed by atoms with Crippen molar-refractivity contribution in [1.82, 2.24) is 15.6 Å². The number of hydrogen-bond acceptors (Lipinski definition) is 3. The Kier molecular flexibility index (Phi) is 5.14. The van der Waals surface area contributed by atoms with E-state index in [-0.39, 0.29) is 0 Å². The summed E-state index contributed by atoms with van der Waals surface area (Å²) in [6, 6.07) is 4.91. The normalized spacial score (nSPS) is 19.7. The molecule has 2 heterocycles. The van der Waals surface area contributed by atoms with Crippen molar-refractivity contribution in [3.05, 3.63) is 23.9 Å². The van der Waals surface area contributed by atoms with Gasteiger partial charge in [0.25, 0.3) is 0 Å². The third kappa shape index (κ3) is 4.36. The summed E-state index contributed by atoms with van der Waals surface area (Å²) in [5.41, 5.74) is 1.26. The van der Waals surface area contributed by atoms with Crippen molar-refractivity contribution in [2.24, 2.45) is 4.99 Å². The maximum atomic E-state index is 4.56. The van der Waals surface area contributed by atoms with E-state index in [1.807, 2.05) is 13.2 Å². The molecule has 1 aliphatic heterocycles. The van der Waals surface area contributed by atoms with Crippen molar-refractivity contribution in [2.45, 2.75) is 51.1 Å². The molecule has 1 aromatic rings. The summed E-state index contributed by atoms with van der Waals surface area (Å²) in [5.74, 6) is 2.02. The van der Waals surface area contributed by atoms with Crippen molar-refractivity contribution in [3.63, 3.8) is 0 Å². The average molecular weight is 301 g/mol. The van der Waals surface area contributed by atoms with Crippen LogP contribution in [0.15, 0.2) is 23.3 Å². The first-order chi connectivity index (χ1) is 10.8. The first-order valence-corrected chi connectivity index (χ1v) is 8.52. The van der Waals surface area contributed by atoms with Crippen LogP contribution in [0.1, 0.15) is 44.1 Å². The Morgan fingerprint density at radius 3 is 2.73 bits per heavy atom. The Hall–Kier alpha value is -1.78. The Morgan fingerprint density at radius 2 is 2.05 bits per heavy atom.